The van der Waals surface area contributed by atoms with Crippen LogP contribution >= 0.6 is 0 Å². The van der Waals surface area contributed by atoms with E-state index in [1.807, 2.05) is 14.1 Å². The lowest BCUT2D eigenvalue weighted by molar-refractivity contribution is -0.765. The summed E-state index contributed by atoms with van der Waals surface area (Å²) in [7, 11) is 4.09. The largest absolute Gasteiger partial charge is 0.362 e. The fourth-order valence-electron chi connectivity index (χ4n) is 1.40. The molecule has 0 aromatic carbocycles. The molecule has 1 heterocycles. The third-order valence-electron chi connectivity index (χ3n) is 2.25. The fourth-order valence-corrected chi connectivity index (χ4v) is 1.40. The molecule has 6 heteroatoms. The monoisotopic (exact) mass is 228 g/mol. The van der Waals surface area contributed by atoms with Crippen LogP contribution in [0.25, 0.3) is 0 Å². The molecule has 0 radical (unpaired) electrons. The molecule has 1 aromatic rings. The maximum atomic E-state index is 5.53. The zero-order chi connectivity index (χ0) is 12.3. The summed E-state index contributed by atoms with van der Waals surface area (Å²) in [6, 6.07) is 0. The molecule has 0 aliphatic heterocycles. The van der Waals surface area contributed by atoms with Gasteiger partial charge in [0, 0.05) is 6.54 Å². The lowest BCUT2D eigenvalue weighted by Crippen LogP contribution is -2.68. The molecular formula is C10H22N5O+. The predicted octanol–water partition coefficient (Wildman–Crippen LogP) is -0.158. The van der Waals surface area contributed by atoms with E-state index in [2.05, 4.69) is 36.0 Å². The third kappa shape index (κ3) is 3.37. The Hall–Kier alpha value is -1.30. The van der Waals surface area contributed by atoms with Crippen LogP contribution in [0.15, 0.2) is 10.7 Å². The molecule has 16 heavy (non-hydrogen) atoms. The van der Waals surface area contributed by atoms with Gasteiger partial charge in [0.2, 0.25) is 5.27 Å². The van der Waals surface area contributed by atoms with Gasteiger partial charge in [-0.2, -0.15) is 0 Å². The van der Waals surface area contributed by atoms with Crippen molar-refractivity contribution in [2.45, 2.75) is 26.3 Å². The van der Waals surface area contributed by atoms with Crippen LogP contribution in [0, 0.1) is 0 Å². The summed E-state index contributed by atoms with van der Waals surface area (Å²) in [6.07, 6.45) is 1.68. The van der Waals surface area contributed by atoms with E-state index in [9.17, 15) is 0 Å². The van der Waals surface area contributed by atoms with Gasteiger partial charge in [-0.05, 0) is 34.9 Å². The lowest BCUT2D eigenvalue weighted by Gasteiger charge is -2.28. The number of hydrogen-bond donors (Lipinski definition) is 1. The van der Waals surface area contributed by atoms with Crippen LogP contribution < -0.4 is 15.5 Å². The Labute approximate surface area is 96.5 Å². The van der Waals surface area contributed by atoms with Gasteiger partial charge >= 0.3 is 0 Å². The first-order valence-corrected chi connectivity index (χ1v) is 5.37. The number of rotatable bonds is 4. The van der Waals surface area contributed by atoms with Gasteiger partial charge in [0.25, 0.3) is 12.1 Å². The average molecular weight is 228 g/mol. The van der Waals surface area contributed by atoms with Gasteiger partial charge in [-0.25, -0.2) is 0 Å². The van der Waals surface area contributed by atoms with Crippen LogP contribution in [-0.2, 0) is 0 Å². The molecule has 0 aliphatic carbocycles. The van der Waals surface area contributed by atoms with E-state index in [-0.39, 0.29) is 5.54 Å². The summed E-state index contributed by atoms with van der Waals surface area (Å²) in [5.74, 6) is 0.319. The number of nitrogens with zero attached hydrogens (tertiary/aromatic N) is 4. The molecule has 0 spiro atoms. The van der Waals surface area contributed by atoms with Crippen LogP contribution in [-0.4, -0.2) is 42.9 Å². The first-order chi connectivity index (χ1) is 7.30. The van der Waals surface area contributed by atoms with E-state index in [1.165, 1.54) is 0 Å². The van der Waals surface area contributed by atoms with Crippen molar-refractivity contribution < 1.29 is 9.31 Å². The number of nitrogen functional groups attached to an aromatic ring is 1. The highest BCUT2D eigenvalue weighted by Gasteiger charge is 2.31. The maximum Gasteiger partial charge on any atom is 0.296 e. The van der Waals surface area contributed by atoms with E-state index in [4.69, 9.17) is 10.3 Å². The summed E-state index contributed by atoms with van der Waals surface area (Å²) in [4.78, 5) is 3.79. The van der Waals surface area contributed by atoms with Gasteiger partial charge in [0.15, 0.2) is 0 Å². The molecule has 0 amide bonds. The molecule has 0 saturated heterocycles. The number of anilines is 1. The number of likely N-dealkylation sites (N-methyl/N-ethyl adjacent to an activating group) is 1. The first kappa shape index (κ1) is 12.8. The molecule has 0 saturated carbocycles. The molecule has 0 bridgehead atoms. The summed E-state index contributed by atoms with van der Waals surface area (Å²) in [5.41, 5.74) is 5.49. The highest BCUT2D eigenvalue weighted by Crippen LogP contribution is 2.07. The second-order valence-corrected chi connectivity index (χ2v) is 5.12. The van der Waals surface area contributed by atoms with Crippen LogP contribution in [0.3, 0.4) is 0 Å². The van der Waals surface area contributed by atoms with Gasteiger partial charge in [-0.3, -0.25) is 4.52 Å². The highest BCUT2D eigenvalue weighted by atomic mass is 16.5. The number of hydrogen-bond acceptors (Lipinski definition) is 5. The van der Waals surface area contributed by atoms with Gasteiger partial charge in [0.1, 0.15) is 0 Å². The number of aromatic nitrogens is 2. The molecular weight excluding hydrogens is 206 g/mol. The molecule has 0 unspecified atom stereocenters. The van der Waals surface area contributed by atoms with Crippen LogP contribution in [0.1, 0.15) is 20.8 Å². The molecule has 6 nitrogen and oxygen atoms in total. The second kappa shape index (κ2) is 4.69. The van der Waals surface area contributed by atoms with E-state index < -0.39 is 0 Å². The second-order valence-electron chi connectivity index (χ2n) is 5.12. The lowest BCUT2D eigenvalue weighted by atomic mass is 10.1. The van der Waals surface area contributed by atoms with Crippen molar-refractivity contribution in [1.29, 1.82) is 0 Å². The normalized spacial score (nSPS) is 12.1. The predicted molar refractivity (Wildman–Crippen MR) is 62.5 cm³/mol. The van der Waals surface area contributed by atoms with Crippen molar-refractivity contribution in [3.63, 3.8) is 0 Å². The Morgan fingerprint density at radius 3 is 2.38 bits per heavy atom. The Kier molecular flexibility index (Phi) is 3.74. The third-order valence-corrected chi connectivity index (χ3v) is 2.25. The Morgan fingerprint density at radius 2 is 2.00 bits per heavy atom. The van der Waals surface area contributed by atoms with Crippen molar-refractivity contribution >= 4 is 5.88 Å². The average Bonchev–Trinajstić information content (AvgIpc) is 2.49. The SMILES string of the molecule is CN(C)CCN([n+]1cc(N)on1)C(C)(C)C. The zero-order valence-corrected chi connectivity index (χ0v) is 10.8. The quantitative estimate of drug-likeness (QED) is 0.726. The van der Waals surface area contributed by atoms with Gasteiger partial charge in [-0.15, -0.1) is 5.01 Å². The van der Waals surface area contributed by atoms with Gasteiger partial charge in [-0.1, -0.05) is 0 Å². The van der Waals surface area contributed by atoms with Crippen molar-refractivity contribution in [3.05, 3.63) is 6.20 Å². The smallest absolute Gasteiger partial charge is 0.296 e. The summed E-state index contributed by atoms with van der Waals surface area (Å²) in [6.45, 7) is 8.17. The maximum absolute atomic E-state index is 5.53. The Balaban J connectivity index is 2.80. The summed E-state index contributed by atoms with van der Waals surface area (Å²) in [5, 5.41) is 5.99. The molecule has 0 atom stereocenters. The van der Waals surface area contributed by atoms with Crippen molar-refractivity contribution in [1.82, 2.24) is 10.2 Å². The van der Waals surface area contributed by atoms with Crippen molar-refractivity contribution in [2.24, 2.45) is 0 Å². The Bertz CT molecular complexity index is 328. The summed E-state index contributed by atoms with van der Waals surface area (Å²) >= 11 is 0. The van der Waals surface area contributed by atoms with E-state index in [0.29, 0.717) is 5.88 Å². The fraction of sp³-hybridized carbons (Fsp3) is 0.800. The Morgan fingerprint density at radius 1 is 1.38 bits per heavy atom. The minimum absolute atomic E-state index is 0.0377. The van der Waals surface area contributed by atoms with Gasteiger partial charge in [0.05, 0.1) is 16.9 Å². The van der Waals surface area contributed by atoms with Crippen molar-refractivity contribution in [3.8, 4) is 0 Å². The van der Waals surface area contributed by atoms with E-state index >= 15 is 0 Å². The van der Waals surface area contributed by atoms with Crippen LogP contribution in [0.2, 0.25) is 0 Å². The first-order valence-electron chi connectivity index (χ1n) is 5.37. The molecule has 0 fully saturated rings. The highest BCUT2D eigenvalue weighted by molar-refractivity contribution is 5.11. The topological polar surface area (TPSA) is 62.4 Å². The minimum atomic E-state index is -0.0377. The minimum Gasteiger partial charge on any atom is -0.362 e. The molecule has 1 aromatic heterocycles. The summed E-state index contributed by atoms with van der Waals surface area (Å²) < 4.78 is 4.88. The van der Waals surface area contributed by atoms with E-state index in [0.717, 1.165) is 13.1 Å². The van der Waals surface area contributed by atoms with Crippen LogP contribution in [0.4, 0.5) is 5.88 Å². The number of nitrogens with two attached hydrogens (primary N) is 1. The standard InChI is InChI=1S/C10H22N5O/c1-10(2,3)14(7-6-13(4)5)15-8-9(11)16-12-15/h8H,6-7,11H2,1-5H3/q+1. The molecule has 1 rings (SSSR count). The van der Waals surface area contributed by atoms with Crippen molar-refractivity contribution in [2.75, 3.05) is 37.9 Å². The van der Waals surface area contributed by atoms with Gasteiger partial charge < -0.3 is 10.6 Å². The van der Waals surface area contributed by atoms with Crippen LogP contribution in [0.5, 0.6) is 0 Å². The zero-order valence-electron chi connectivity index (χ0n) is 10.8. The molecule has 0 aliphatic rings. The molecule has 2 N–H and O–H groups in total. The molecule has 92 valence electrons. The van der Waals surface area contributed by atoms with E-state index in [1.54, 1.807) is 11.0 Å².